The Hall–Kier alpha value is -0.820. The van der Waals surface area contributed by atoms with Crippen molar-refractivity contribution >= 4 is 0 Å². The van der Waals surface area contributed by atoms with Gasteiger partial charge in [0.1, 0.15) is 0 Å². The van der Waals surface area contributed by atoms with Crippen LogP contribution in [0, 0.1) is 52.3 Å². The Morgan fingerprint density at radius 2 is 1.35 bits per heavy atom. The van der Waals surface area contributed by atoms with E-state index in [2.05, 4.69) is 78.8 Å². The number of allylic oxidation sites excluding steroid dienone is 5. The molecule has 318 valence electrons. The van der Waals surface area contributed by atoms with Crippen LogP contribution in [0.5, 0.6) is 0 Å². The van der Waals surface area contributed by atoms with Gasteiger partial charge in [0.15, 0.2) is 0 Å². The fraction of sp³-hybridized carbons (Fsp3) is 0.889. The van der Waals surface area contributed by atoms with Crippen LogP contribution in [0.25, 0.3) is 0 Å². The lowest BCUT2D eigenvalue weighted by Crippen LogP contribution is -2.51. The second-order valence-corrected chi connectivity index (χ2v) is 20.9. The molecule has 0 aromatic heterocycles. The van der Waals surface area contributed by atoms with Gasteiger partial charge in [-0.05, 0) is 142 Å². The molecule has 0 aromatic carbocycles. The van der Waals surface area contributed by atoms with Crippen molar-refractivity contribution in [3.05, 3.63) is 36.0 Å². The van der Waals surface area contributed by atoms with Crippen LogP contribution in [0.1, 0.15) is 241 Å². The first-order chi connectivity index (χ1) is 26.7. The summed E-state index contributed by atoms with van der Waals surface area (Å²) < 4.78 is 6.65. The number of unbranched alkanes of at least 4 members (excludes halogenated alkanes) is 12. The Bertz CT molecular complexity index is 1100. The van der Waals surface area contributed by atoms with Gasteiger partial charge < -0.3 is 4.74 Å². The van der Waals surface area contributed by atoms with Crippen LogP contribution >= 0.6 is 0 Å². The molecule has 9 atom stereocenters. The molecule has 55 heavy (non-hydrogen) atoms. The lowest BCUT2D eigenvalue weighted by atomic mass is 9.47. The van der Waals surface area contributed by atoms with Crippen molar-refractivity contribution in [1.29, 1.82) is 0 Å². The molecule has 0 amide bonds. The van der Waals surface area contributed by atoms with Gasteiger partial charge in [0.05, 0.1) is 6.10 Å². The van der Waals surface area contributed by atoms with Crippen LogP contribution in [0.3, 0.4) is 0 Å². The molecule has 0 aliphatic heterocycles. The fourth-order valence-electron chi connectivity index (χ4n) is 12.9. The minimum atomic E-state index is 0.446. The standard InChI is InChI=1S/C54H96O/c1-8-10-11-12-13-14-15-16-17-18-19-20-21-22-23-24-25-26-32-46(9-2)33-27-28-42-55-48-38-40-53(6)47(43-48)34-35-49-51-37-36-50(45(5)31-29-30-44(3)4)54(51,7)41-39-52(49)53/h13-14,16-17,34,44-46,48-52H,8-12,15,18-33,35-43H2,1-7H3/b14-13-,17-16-/t45?,46?,48-,49?,50?,51?,52?,53-,54+/m0/s1. The molecule has 4 rings (SSSR count). The highest BCUT2D eigenvalue weighted by Gasteiger charge is 2.59. The normalized spacial score (nSPS) is 30.5. The van der Waals surface area contributed by atoms with Gasteiger partial charge in [0, 0.05) is 6.61 Å². The second-order valence-electron chi connectivity index (χ2n) is 20.9. The molecule has 0 N–H and O–H groups in total. The molecule has 4 aliphatic rings. The van der Waals surface area contributed by atoms with Crippen LogP contribution in [-0.4, -0.2) is 12.7 Å². The second kappa shape index (κ2) is 25.6. The third kappa shape index (κ3) is 14.8. The van der Waals surface area contributed by atoms with E-state index >= 15 is 0 Å². The maximum Gasteiger partial charge on any atom is 0.0612 e. The molecule has 1 heteroatoms. The quantitative estimate of drug-likeness (QED) is 0.0545. The molecule has 3 fully saturated rings. The molecule has 0 heterocycles. The first-order valence-electron chi connectivity index (χ1n) is 25.3. The van der Waals surface area contributed by atoms with E-state index in [1.54, 1.807) is 5.57 Å². The highest BCUT2D eigenvalue weighted by molar-refractivity contribution is 5.25. The van der Waals surface area contributed by atoms with Crippen LogP contribution in [0.15, 0.2) is 36.0 Å². The first kappa shape index (κ1) is 46.9. The minimum Gasteiger partial charge on any atom is -0.378 e. The topological polar surface area (TPSA) is 9.23 Å². The van der Waals surface area contributed by atoms with Gasteiger partial charge in [0.2, 0.25) is 0 Å². The summed E-state index contributed by atoms with van der Waals surface area (Å²) in [7, 11) is 0. The van der Waals surface area contributed by atoms with Crippen molar-refractivity contribution in [2.45, 2.75) is 247 Å². The van der Waals surface area contributed by atoms with Crippen LogP contribution in [-0.2, 0) is 4.74 Å². The summed E-state index contributed by atoms with van der Waals surface area (Å²) in [5.74, 6) is 6.49. The molecule has 4 aliphatic carbocycles. The Morgan fingerprint density at radius 1 is 0.673 bits per heavy atom. The van der Waals surface area contributed by atoms with Gasteiger partial charge in [-0.15, -0.1) is 0 Å². The Morgan fingerprint density at radius 3 is 2.04 bits per heavy atom. The maximum atomic E-state index is 6.65. The highest BCUT2D eigenvalue weighted by Crippen LogP contribution is 2.67. The number of rotatable bonds is 29. The molecule has 3 saturated carbocycles. The summed E-state index contributed by atoms with van der Waals surface area (Å²) >= 11 is 0. The number of hydrogen-bond acceptors (Lipinski definition) is 1. The van der Waals surface area contributed by atoms with Crippen LogP contribution in [0.4, 0.5) is 0 Å². The summed E-state index contributed by atoms with van der Waals surface area (Å²) in [5.41, 5.74) is 2.85. The molecular weight excluding hydrogens is 665 g/mol. The largest absolute Gasteiger partial charge is 0.378 e. The maximum absolute atomic E-state index is 6.65. The first-order valence-corrected chi connectivity index (χ1v) is 25.3. The fourth-order valence-corrected chi connectivity index (χ4v) is 12.9. The molecule has 0 radical (unpaired) electrons. The highest BCUT2D eigenvalue weighted by atomic mass is 16.5. The van der Waals surface area contributed by atoms with Crippen molar-refractivity contribution in [2.75, 3.05) is 6.61 Å². The summed E-state index contributed by atoms with van der Waals surface area (Å²) in [6.07, 6.45) is 54.3. The van der Waals surface area contributed by atoms with Gasteiger partial charge in [0.25, 0.3) is 0 Å². The van der Waals surface area contributed by atoms with E-state index in [1.807, 2.05) is 0 Å². The Kier molecular flexibility index (Phi) is 21.8. The average Bonchev–Trinajstić information content (AvgIpc) is 3.53. The minimum absolute atomic E-state index is 0.446. The molecule has 0 bridgehead atoms. The Balaban J connectivity index is 1.02. The van der Waals surface area contributed by atoms with E-state index in [0.717, 1.165) is 54.5 Å². The smallest absolute Gasteiger partial charge is 0.0612 e. The molecule has 0 aromatic rings. The zero-order chi connectivity index (χ0) is 39.4. The van der Waals surface area contributed by atoms with E-state index in [9.17, 15) is 0 Å². The predicted molar refractivity (Wildman–Crippen MR) is 244 cm³/mol. The number of ether oxygens (including phenoxy) is 1. The van der Waals surface area contributed by atoms with E-state index in [4.69, 9.17) is 4.74 Å². The van der Waals surface area contributed by atoms with Crippen molar-refractivity contribution in [1.82, 2.24) is 0 Å². The summed E-state index contributed by atoms with van der Waals surface area (Å²) in [4.78, 5) is 0. The molecule has 6 unspecified atom stereocenters. The lowest BCUT2D eigenvalue weighted by Gasteiger charge is -2.58. The molecule has 1 nitrogen and oxygen atoms in total. The van der Waals surface area contributed by atoms with Gasteiger partial charge in [-0.1, -0.05) is 187 Å². The van der Waals surface area contributed by atoms with E-state index < -0.39 is 0 Å². The predicted octanol–water partition coefficient (Wildman–Crippen LogP) is 17.6. The van der Waals surface area contributed by atoms with Crippen molar-refractivity contribution in [3.8, 4) is 0 Å². The molecule has 0 spiro atoms. The third-order valence-electron chi connectivity index (χ3n) is 16.5. The SMILES string of the molecule is CCCCC/C=C\C/C=C\CCCCCCCCCCC(CC)CCCCO[C@H]1CC[C@@]2(C)C(=CCC3C4CCC(C(C)CCCC(C)C)[C@@]4(C)CCC32)C1. The van der Waals surface area contributed by atoms with Crippen LogP contribution < -0.4 is 0 Å². The van der Waals surface area contributed by atoms with Gasteiger partial charge in [-0.25, -0.2) is 0 Å². The number of hydrogen-bond donors (Lipinski definition) is 0. The summed E-state index contributed by atoms with van der Waals surface area (Å²) in [6.45, 7) is 18.5. The number of fused-ring (bicyclic) bond motifs is 5. The zero-order valence-electron chi connectivity index (χ0n) is 38.3. The van der Waals surface area contributed by atoms with Gasteiger partial charge >= 0.3 is 0 Å². The monoisotopic (exact) mass is 761 g/mol. The average molecular weight is 761 g/mol. The van der Waals surface area contributed by atoms with Crippen LogP contribution in [0.2, 0.25) is 0 Å². The zero-order valence-corrected chi connectivity index (χ0v) is 38.3. The third-order valence-corrected chi connectivity index (χ3v) is 16.5. The van der Waals surface area contributed by atoms with Gasteiger partial charge in [-0.3, -0.25) is 0 Å². The van der Waals surface area contributed by atoms with E-state index in [0.29, 0.717) is 16.9 Å². The van der Waals surface area contributed by atoms with Gasteiger partial charge in [-0.2, -0.15) is 0 Å². The van der Waals surface area contributed by atoms with Crippen molar-refractivity contribution < 1.29 is 4.74 Å². The Labute approximate surface area is 345 Å². The van der Waals surface area contributed by atoms with Crippen molar-refractivity contribution in [3.63, 3.8) is 0 Å². The summed E-state index contributed by atoms with van der Waals surface area (Å²) in [6, 6.07) is 0. The van der Waals surface area contributed by atoms with Crippen molar-refractivity contribution in [2.24, 2.45) is 52.3 Å². The van der Waals surface area contributed by atoms with E-state index in [-0.39, 0.29) is 0 Å². The summed E-state index contributed by atoms with van der Waals surface area (Å²) in [5, 5.41) is 0. The molecule has 0 saturated heterocycles. The lowest BCUT2D eigenvalue weighted by molar-refractivity contribution is -0.0641. The van der Waals surface area contributed by atoms with E-state index in [1.165, 1.54) is 186 Å². The molecular formula is C54H96O.